The molecule has 4 heterocycles. The van der Waals surface area contributed by atoms with Crippen LogP contribution in [0.25, 0.3) is 33.1 Å². The fourth-order valence-electron chi connectivity index (χ4n) is 2.63. The molecule has 0 amide bonds. The van der Waals surface area contributed by atoms with Gasteiger partial charge in [0.05, 0.1) is 17.8 Å². The molecule has 0 aliphatic heterocycles. The Morgan fingerprint density at radius 3 is 3.00 bits per heavy atom. The predicted molar refractivity (Wildman–Crippen MR) is 96.6 cm³/mol. The van der Waals surface area contributed by atoms with Crippen molar-refractivity contribution in [2.45, 2.75) is 6.54 Å². The summed E-state index contributed by atoms with van der Waals surface area (Å²) in [5, 5.41) is 1.91. The zero-order valence-corrected chi connectivity index (χ0v) is 14.3. The highest BCUT2D eigenvalue weighted by atomic mass is 32.1. The van der Waals surface area contributed by atoms with Gasteiger partial charge in [-0.25, -0.2) is 9.97 Å². The number of methoxy groups -OCH3 is 1. The quantitative estimate of drug-likeness (QED) is 0.596. The summed E-state index contributed by atoms with van der Waals surface area (Å²) in [4.78, 5) is 28.7. The Hall–Kier alpha value is -2.84. The fourth-order valence-corrected chi connectivity index (χ4v) is 3.53. The molecule has 8 heteroatoms. The van der Waals surface area contributed by atoms with Gasteiger partial charge in [0.25, 0.3) is 5.56 Å². The van der Waals surface area contributed by atoms with Gasteiger partial charge in [-0.05, 0) is 12.1 Å². The number of aromatic nitrogens is 5. The molecule has 0 unspecified atom stereocenters. The lowest BCUT2D eigenvalue weighted by Gasteiger charge is -2.07. The molecular formula is C17H15N5O2S. The lowest BCUT2D eigenvalue weighted by Crippen LogP contribution is -2.12. The molecule has 0 bridgehead atoms. The first-order chi connectivity index (χ1) is 12.3. The molecule has 0 aromatic carbocycles. The van der Waals surface area contributed by atoms with Crippen molar-refractivity contribution >= 4 is 21.6 Å². The number of aromatic amines is 1. The Bertz CT molecular complexity index is 1070. The van der Waals surface area contributed by atoms with E-state index in [-0.39, 0.29) is 5.56 Å². The third kappa shape index (κ3) is 2.86. The van der Waals surface area contributed by atoms with Crippen molar-refractivity contribution in [3.63, 3.8) is 0 Å². The smallest absolute Gasteiger partial charge is 0.269 e. The summed E-state index contributed by atoms with van der Waals surface area (Å²) in [6.45, 7) is 1.18. The number of imidazole rings is 1. The van der Waals surface area contributed by atoms with E-state index in [9.17, 15) is 4.79 Å². The van der Waals surface area contributed by atoms with Gasteiger partial charge in [-0.2, -0.15) is 0 Å². The highest BCUT2D eigenvalue weighted by Gasteiger charge is 2.16. The van der Waals surface area contributed by atoms with Crippen LogP contribution in [0.4, 0.5) is 0 Å². The minimum absolute atomic E-state index is 0.173. The van der Waals surface area contributed by atoms with E-state index in [1.54, 1.807) is 19.5 Å². The first-order valence-corrected chi connectivity index (χ1v) is 8.59. The highest BCUT2D eigenvalue weighted by Crippen LogP contribution is 2.30. The zero-order chi connectivity index (χ0) is 17.2. The molecule has 0 saturated heterocycles. The first kappa shape index (κ1) is 15.7. The molecule has 0 aliphatic carbocycles. The van der Waals surface area contributed by atoms with Crippen LogP contribution in [0.1, 0.15) is 0 Å². The number of pyridine rings is 1. The Morgan fingerprint density at radius 2 is 2.20 bits per heavy atom. The summed E-state index contributed by atoms with van der Waals surface area (Å²) in [5.74, 6) is 1.04. The van der Waals surface area contributed by atoms with Crippen LogP contribution >= 0.6 is 11.3 Å². The minimum Gasteiger partial charge on any atom is -0.383 e. The number of rotatable bonds is 5. The standard InChI is InChI=1S/C17H15N5O2S/c1-24-9-8-22-7-6-19-16(22)15-20-13-11(12-4-2-3-5-18-12)10-25-14(13)17(23)21-15/h2-7,10H,8-9H2,1H3,(H,20,21,23). The molecule has 0 saturated carbocycles. The average molecular weight is 353 g/mol. The van der Waals surface area contributed by atoms with Crippen LogP contribution in [0.5, 0.6) is 0 Å². The number of hydrogen-bond acceptors (Lipinski definition) is 6. The SMILES string of the molecule is COCCn1ccnc1-c1nc2c(-c3ccccn3)csc2c(=O)[nH]1. The van der Waals surface area contributed by atoms with Crippen molar-refractivity contribution in [3.8, 4) is 22.9 Å². The van der Waals surface area contributed by atoms with E-state index in [0.29, 0.717) is 35.0 Å². The van der Waals surface area contributed by atoms with Crippen LogP contribution in [0.2, 0.25) is 0 Å². The van der Waals surface area contributed by atoms with E-state index in [0.717, 1.165) is 11.3 Å². The maximum Gasteiger partial charge on any atom is 0.269 e. The maximum atomic E-state index is 12.5. The van der Waals surface area contributed by atoms with Crippen LogP contribution in [-0.2, 0) is 11.3 Å². The van der Waals surface area contributed by atoms with Gasteiger partial charge < -0.3 is 14.3 Å². The highest BCUT2D eigenvalue weighted by molar-refractivity contribution is 7.17. The zero-order valence-electron chi connectivity index (χ0n) is 13.5. The summed E-state index contributed by atoms with van der Waals surface area (Å²) >= 11 is 1.37. The van der Waals surface area contributed by atoms with Crippen molar-refractivity contribution in [3.05, 3.63) is 52.5 Å². The molecule has 0 aliphatic rings. The third-order valence-corrected chi connectivity index (χ3v) is 4.80. The summed E-state index contributed by atoms with van der Waals surface area (Å²) in [6.07, 6.45) is 5.25. The third-order valence-electron chi connectivity index (χ3n) is 3.83. The maximum absolute atomic E-state index is 12.5. The number of nitrogens with one attached hydrogen (secondary N) is 1. The summed E-state index contributed by atoms with van der Waals surface area (Å²) in [5.41, 5.74) is 2.11. The van der Waals surface area contributed by atoms with E-state index in [1.807, 2.05) is 34.3 Å². The molecule has 0 atom stereocenters. The number of ether oxygens (including phenoxy) is 1. The molecular weight excluding hydrogens is 338 g/mol. The van der Waals surface area contributed by atoms with Gasteiger partial charge in [0, 0.05) is 43.2 Å². The van der Waals surface area contributed by atoms with Gasteiger partial charge in [0.15, 0.2) is 11.6 Å². The van der Waals surface area contributed by atoms with Crippen LogP contribution in [0.15, 0.2) is 47.0 Å². The summed E-state index contributed by atoms with van der Waals surface area (Å²) in [6, 6.07) is 5.68. The molecule has 4 rings (SSSR count). The van der Waals surface area contributed by atoms with Crippen molar-refractivity contribution in [2.75, 3.05) is 13.7 Å². The van der Waals surface area contributed by atoms with Crippen LogP contribution in [0.3, 0.4) is 0 Å². The van der Waals surface area contributed by atoms with Gasteiger partial charge in [-0.1, -0.05) is 6.07 Å². The van der Waals surface area contributed by atoms with Gasteiger partial charge in [0.1, 0.15) is 4.70 Å². The van der Waals surface area contributed by atoms with Crippen LogP contribution in [-0.4, -0.2) is 38.2 Å². The lowest BCUT2D eigenvalue weighted by atomic mass is 10.2. The van der Waals surface area contributed by atoms with Gasteiger partial charge >= 0.3 is 0 Å². The van der Waals surface area contributed by atoms with Crippen LogP contribution < -0.4 is 5.56 Å². The molecule has 25 heavy (non-hydrogen) atoms. The fraction of sp³-hybridized carbons (Fsp3) is 0.176. The topological polar surface area (TPSA) is 85.7 Å². The number of fused-ring (bicyclic) bond motifs is 1. The summed E-state index contributed by atoms with van der Waals surface area (Å²) < 4.78 is 7.60. The number of nitrogens with zero attached hydrogens (tertiary/aromatic N) is 4. The largest absolute Gasteiger partial charge is 0.383 e. The number of thiophene rings is 1. The second kappa shape index (κ2) is 6.58. The monoisotopic (exact) mass is 353 g/mol. The molecule has 1 N–H and O–H groups in total. The first-order valence-electron chi connectivity index (χ1n) is 7.71. The van der Waals surface area contributed by atoms with E-state index in [1.165, 1.54) is 11.3 Å². The van der Waals surface area contributed by atoms with Crippen molar-refractivity contribution in [1.82, 2.24) is 24.5 Å². The van der Waals surface area contributed by atoms with Crippen LogP contribution in [0, 0.1) is 0 Å². The molecule has 7 nitrogen and oxygen atoms in total. The van der Waals surface area contributed by atoms with Crippen molar-refractivity contribution < 1.29 is 4.74 Å². The number of H-pyrrole nitrogens is 1. The predicted octanol–water partition coefficient (Wildman–Crippen LogP) is 2.56. The van der Waals surface area contributed by atoms with E-state index in [2.05, 4.69) is 19.9 Å². The van der Waals surface area contributed by atoms with Gasteiger partial charge in [-0.3, -0.25) is 9.78 Å². The second-order valence-corrected chi connectivity index (χ2v) is 6.27. The number of hydrogen-bond donors (Lipinski definition) is 1. The van der Waals surface area contributed by atoms with E-state index >= 15 is 0 Å². The van der Waals surface area contributed by atoms with Gasteiger partial charge in [-0.15, -0.1) is 11.3 Å². The van der Waals surface area contributed by atoms with Crippen molar-refractivity contribution in [2.24, 2.45) is 0 Å². The second-order valence-electron chi connectivity index (χ2n) is 5.39. The molecule has 126 valence electrons. The molecule has 0 spiro atoms. The average Bonchev–Trinajstić information content (AvgIpc) is 3.27. The molecule has 0 fully saturated rings. The Labute approximate surface area is 147 Å². The Kier molecular flexibility index (Phi) is 4.12. The van der Waals surface area contributed by atoms with E-state index < -0.39 is 0 Å². The van der Waals surface area contributed by atoms with Crippen molar-refractivity contribution in [1.29, 1.82) is 0 Å². The van der Waals surface area contributed by atoms with Gasteiger partial charge in [0.2, 0.25) is 0 Å². The Balaban J connectivity index is 1.87. The normalized spacial score (nSPS) is 11.2. The molecule has 4 aromatic rings. The lowest BCUT2D eigenvalue weighted by molar-refractivity contribution is 0.187. The summed E-state index contributed by atoms with van der Waals surface area (Å²) in [7, 11) is 1.65. The minimum atomic E-state index is -0.173. The van der Waals surface area contributed by atoms with E-state index in [4.69, 9.17) is 4.74 Å². The molecule has 4 aromatic heterocycles. The molecule has 0 radical (unpaired) electrons. The Morgan fingerprint density at radius 1 is 1.28 bits per heavy atom.